The van der Waals surface area contributed by atoms with Gasteiger partial charge in [0, 0.05) is 16.6 Å². The molecule has 84 valence electrons. The highest BCUT2D eigenvalue weighted by atomic mass is 16.1. The van der Waals surface area contributed by atoms with Gasteiger partial charge in [-0.25, -0.2) is 0 Å². The lowest BCUT2D eigenvalue weighted by Crippen LogP contribution is -1.91. The van der Waals surface area contributed by atoms with Crippen molar-refractivity contribution in [3.05, 3.63) is 41.5 Å². The molecule has 0 amide bonds. The Labute approximate surface area is 96.1 Å². The molecule has 0 aliphatic heterocycles. The summed E-state index contributed by atoms with van der Waals surface area (Å²) < 4.78 is 0. The summed E-state index contributed by atoms with van der Waals surface area (Å²) in [7, 11) is 0. The molecule has 0 aliphatic carbocycles. The van der Waals surface area contributed by atoms with E-state index in [-0.39, 0.29) is 0 Å². The quantitative estimate of drug-likeness (QED) is 0.583. The second kappa shape index (κ2) is 5.31. The van der Waals surface area contributed by atoms with Gasteiger partial charge < -0.3 is 5.73 Å². The fraction of sp³-hybridized carbons (Fsp3) is 0.214. The third-order valence-electron chi connectivity index (χ3n) is 2.36. The Morgan fingerprint density at radius 1 is 1.19 bits per heavy atom. The molecule has 2 rings (SSSR count). The van der Waals surface area contributed by atoms with Gasteiger partial charge in [-0.15, -0.1) is 0 Å². The average Bonchev–Trinajstić information content (AvgIpc) is 2.31. The number of aryl methyl sites for hydroxylation is 1. The largest absolute Gasteiger partial charge is 0.398 e. The van der Waals surface area contributed by atoms with E-state index in [0.29, 0.717) is 5.56 Å². The summed E-state index contributed by atoms with van der Waals surface area (Å²) in [5.41, 5.74) is 8.36. The van der Waals surface area contributed by atoms with Crippen molar-refractivity contribution in [1.82, 2.24) is 0 Å². The van der Waals surface area contributed by atoms with Gasteiger partial charge in [-0.1, -0.05) is 26.0 Å². The second-order valence-electron chi connectivity index (χ2n) is 3.40. The van der Waals surface area contributed by atoms with Crippen LogP contribution in [0.25, 0.3) is 10.8 Å². The van der Waals surface area contributed by atoms with Crippen molar-refractivity contribution < 1.29 is 4.79 Å². The highest BCUT2D eigenvalue weighted by molar-refractivity contribution is 5.98. The SMILES string of the molecule is CC.Cc1cc(C=O)cc2cccc(N)c12. The van der Waals surface area contributed by atoms with Crippen LogP contribution in [0, 0.1) is 6.92 Å². The molecule has 0 fully saturated rings. The molecule has 0 bridgehead atoms. The fourth-order valence-electron chi connectivity index (χ4n) is 1.78. The van der Waals surface area contributed by atoms with Crippen molar-refractivity contribution in [2.24, 2.45) is 0 Å². The molecule has 0 aliphatic rings. The van der Waals surface area contributed by atoms with Crippen LogP contribution >= 0.6 is 0 Å². The summed E-state index contributed by atoms with van der Waals surface area (Å²) in [5.74, 6) is 0. The molecule has 2 aromatic carbocycles. The number of hydrogen-bond acceptors (Lipinski definition) is 2. The standard InChI is InChI=1S/C12H11NO.C2H6/c1-8-5-9(7-14)6-10-3-2-4-11(13)12(8)10;1-2/h2-7H,13H2,1H3;1-2H3. The van der Waals surface area contributed by atoms with E-state index >= 15 is 0 Å². The van der Waals surface area contributed by atoms with Gasteiger partial charge in [0.1, 0.15) is 6.29 Å². The smallest absolute Gasteiger partial charge is 0.150 e. The first-order valence-corrected chi connectivity index (χ1v) is 5.46. The van der Waals surface area contributed by atoms with Crippen molar-refractivity contribution in [1.29, 1.82) is 0 Å². The molecule has 0 saturated carbocycles. The maximum atomic E-state index is 10.7. The third-order valence-corrected chi connectivity index (χ3v) is 2.36. The van der Waals surface area contributed by atoms with E-state index in [1.165, 1.54) is 0 Å². The van der Waals surface area contributed by atoms with Gasteiger partial charge in [0.25, 0.3) is 0 Å². The van der Waals surface area contributed by atoms with Gasteiger partial charge in [-0.05, 0) is 36.1 Å². The minimum Gasteiger partial charge on any atom is -0.398 e. The van der Waals surface area contributed by atoms with Crippen molar-refractivity contribution in [3.63, 3.8) is 0 Å². The Bertz CT molecular complexity index is 503. The Hall–Kier alpha value is -1.83. The molecule has 16 heavy (non-hydrogen) atoms. The molecule has 0 saturated heterocycles. The number of rotatable bonds is 1. The monoisotopic (exact) mass is 215 g/mol. The number of carbonyl (C=O) groups is 1. The number of nitrogen functional groups attached to an aromatic ring is 1. The van der Waals surface area contributed by atoms with Gasteiger partial charge >= 0.3 is 0 Å². The first kappa shape index (κ1) is 12.2. The number of anilines is 1. The summed E-state index contributed by atoms with van der Waals surface area (Å²) in [5, 5.41) is 2.06. The van der Waals surface area contributed by atoms with Crippen LogP contribution in [-0.2, 0) is 0 Å². The first-order valence-electron chi connectivity index (χ1n) is 5.46. The predicted molar refractivity (Wildman–Crippen MR) is 69.8 cm³/mol. The first-order chi connectivity index (χ1) is 7.72. The number of fused-ring (bicyclic) bond motifs is 1. The molecule has 2 N–H and O–H groups in total. The number of carbonyl (C=O) groups excluding carboxylic acids is 1. The van der Waals surface area contributed by atoms with Crippen LogP contribution in [0.4, 0.5) is 5.69 Å². The molecule has 2 heteroatoms. The second-order valence-corrected chi connectivity index (χ2v) is 3.40. The molecule has 2 aromatic rings. The van der Waals surface area contributed by atoms with Gasteiger partial charge in [-0.2, -0.15) is 0 Å². The molecule has 0 atom stereocenters. The van der Waals surface area contributed by atoms with Crippen molar-refractivity contribution in [3.8, 4) is 0 Å². The molecular formula is C14H17NO. The van der Waals surface area contributed by atoms with Gasteiger partial charge in [0.15, 0.2) is 0 Å². The van der Waals surface area contributed by atoms with Crippen LogP contribution < -0.4 is 5.73 Å². The normalized spacial score (nSPS) is 9.44. The van der Waals surface area contributed by atoms with Crippen molar-refractivity contribution in [2.75, 3.05) is 5.73 Å². The van der Waals surface area contributed by atoms with Gasteiger partial charge in [0.2, 0.25) is 0 Å². The van der Waals surface area contributed by atoms with E-state index in [1.54, 1.807) is 0 Å². The molecule has 2 nitrogen and oxygen atoms in total. The molecule has 0 aromatic heterocycles. The van der Waals surface area contributed by atoms with Crippen LogP contribution in [0.5, 0.6) is 0 Å². The average molecular weight is 215 g/mol. The van der Waals surface area contributed by atoms with Gasteiger partial charge in [-0.3, -0.25) is 4.79 Å². The van der Waals surface area contributed by atoms with E-state index in [0.717, 1.165) is 28.3 Å². The number of hydrogen-bond donors (Lipinski definition) is 1. The fourth-order valence-corrected chi connectivity index (χ4v) is 1.78. The highest BCUT2D eigenvalue weighted by Gasteiger charge is 2.02. The molecule has 0 heterocycles. The number of aldehydes is 1. The van der Waals surface area contributed by atoms with Crippen LogP contribution in [-0.4, -0.2) is 6.29 Å². The van der Waals surface area contributed by atoms with Crippen LogP contribution in [0.2, 0.25) is 0 Å². The van der Waals surface area contributed by atoms with Gasteiger partial charge in [0.05, 0.1) is 0 Å². The summed E-state index contributed by atoms with van der Waals surface area (Å²) in [6, 6.07) is 9.44. The predicted octanol–water partition coefficient (Wildman–Crippen LogP) is 3.57. The van der Waals surface area contributed by atoms with E-state index in [4.69, 9.17) is 5.73 Å². The maximum Gasteiger partial charge on any atom is 0.150 e. The number of benzene rings is 2. The third kappa shape index (κ3) is 2.22. The van der Waals surface area contributed by atoms with E-state index in [2.05, 4.69) is 0 Å². The molecule has 0 radical (unpaired) electrons. The lowest BCUT2D eigenvalue weighted by molar-refractivity contribution is 0.112. The summed E-state index contributed by atoms with van der Waals surface area (Å²) in [4.78, 5) is 10.7. The van der Waals surface area contributed by atoms with E-state index < -0.39 is 0 Å². The lowest BCUT2D eigenvalue weighted by atomic mass is 10.0. The molecular weight excluding hydrogens is 198 g/mol. The molecule has 0 unspecified atom stereocenters. The van der Waals surface area contributed by atoms with Crippen LogP contribution in [0.1, 0.15) is 29.8 Å². The minimum absolute atomic E-state index is 0.695. The summed E-state index contributed by atoms with van der Waals surface area (Å²) in [6.45, 7) is 5.96. The minimum atomic E-state index is 0.695. The van der Waals surface area contributed by atoms with E-state index in [9.17, 15) is 4.79 Å². The van der Waals surface area contributed by atoms with E-state index in [1.807, 2.05) is 51.1 Å². The van der Waals surface area contributed by atoms with Crippen LogP contribution in [0.3, 0.4) is 0 Å². The molecule has 0 spiro atoms. The Morgan fingerprint density at radius 2 is 1.88 bits per heavy atom. The highest BCUT2D eigenvalue weighted by Crippen LogP contribution is 2.25. The Morgan fingerprint density at radius 3 is 2.50 bits per heavy atom. The zero-order chi connectivity index (χ0) is 12.1. The topological polar surface area (TPSA) is 43.1 Å². The van der Waals surface area contributed by atoms with Crippen molar-refractivity contribution >= 4 is 22.7 Å². The lowest BCUT2D eigenvalue weighted by Gasteiger charge is -2.06. The number of nitrogens with two attached hydrogens (primary N) is 1. The van der Waals surface area contributed by atoms with Crippen LogP contribution in [0.15, 0.2) is 30.3 Å². The maximum absolute atomic E-state index is 10.7. The Balaban J connectivity index is 0.000000606. The zero-order valence-corrected chi connectivity index (χ0v) is 9.95. The zero-order valence-electron chi connectivity index (χ0n) is 9.95. The summed E-state index contributed by atoms with van der Waals surface area (Å²) >= 11 is 0. The summed E-state index contributed by atoms with van der Waals surface area (Å²) in [6.07, 6.45) is 0.857. The Kier molecular flexibility index (Phi) is 4.06. The van der Waals surface area contributed by atoms with Crippen molar-refractivity contribution in [2.45, 2.75) is 20.8 Å².